The number of thiocarbonyl (C=S) groups is 1. The summed E-state index contributed by atoms with van der Waals surface area (Å²) in [6, 6.07) is 15.3. The van der Waals surface area contributed by atoms with E-state index >= 15 is 0 Å². The van der Waals surface area contributed by atoms with E-state index in [2.05, 4.69) is 21.2 Å². The van der Waals surface area contributed by atoms with Crippen molar-refractivity contribution in [1.82, 2.24) is 0 Å². The Morgan fingerprint density at radius 3 is 2.57 bits per heavy atom. The molecule has 0 saturated heterocycles. The Kier molecular flexibility index (Phi) is 5.47. The summed E-state index contributed by atoms with van der Waals surface area (Å²) in [5.41, 5.74) is 8.11. The number of amides is 1. The van der Waals surface area contributed by atoms with Gasteiger partial charge in [0.2, 0.25) is 5.91 Å². The van der Waals surface area contributed by atoms with Crippen LogP contribution >= 0.6 is 28.1 Å². The molecule has 0 bridgehead atoms. The number of benzene rings is 2. The molecule has 21 heavy (non-hydrogen) atoms. The fraction of sp³-hybridized carbons (Fsp3) is 0.125. The molecule has 2 rings (SSSR count). The van der Waals surface area contributed by atoms with Gasteiger partial charge in [0, 0.05) is 16.5 Å². The van der Waals surface area contributed by atoms with Crippen molar-refractivity contribution in [2.75, 3.05) is 5.32 Å². The van der Waals surface area contributed by atoms with Crippen molar-refractivity contribution in [2.45, 2.75) is 12.8 Å². The summed E-state index contributed by atoms with van der Waals surface area (Å²) in [6.45, 7) is 0. The van der Waals surface area contributed by atoms with Gasteiger partial charge in [0.25, 0.3) is 0 Å². The summed E-state index contributed by atoms with van der Waals surface area (Å²) in [5.74, 6) is -0.0607. The van der Waals surface area contributed by atoms with Crippen LogP contribution in [0.3, 0.4) is 0 Å². The van der Waals surface area contributed by atoms with Crippen molar-refractivity contribution in [2.24, 2.45) is 5.73 Å². The second-order valence-electron chi connectivity index (χ2n) is 4.59. The average Bonchev–Trinajstić information content (AvgIpc) is 2.46. The maximum absolute atomic E-state index is 12.1. The lowest BCUT2D eigenvalue weighted by molar-refractivity contribution is -0.116. The summed E-state index contributed by atoms with van der Waals surface area (Å²) < 4.78 is 0.862. The summed E-state index contributed by atoms with van der Waals surface area (Å²) in [4.78, 5) is 12.3. The van der Waals surface area contributed by atoms with Crippen LogP contribution in [0.1, 0.15) is 17.5 Å². The summed E-state index contributed by atoms with van der Waals surface area (Å²) in [7, 11) is 0. The van der Waals surface area contributed by atoms with E-state index in [1.807, 2.05) is 36.4 Å². The molecule has 0 aliphatic rings. The third-order valence-electron chi connectivity index (χ3n) is 3.00. The van der Waals surface area contributed by atoms with Crippen LogP contribution in [0.25, 0.3) is 0 Å². The number of aryl methyl sites for hydroxylation is 1. The number of rotatable bonds is 5. The number of hydrogen-bond donors (Lipinski definition) is 2. The zero-order chi connectivity index (χ0) is 15.2. The molecule has 0 radical (unpaired) electrons. The number of nitrogens with one attached hydrogen (secondary N) is 1. The first kappa shape index (κ1) is 15.7. The van der Waals surface area contributed by atoms with E-state index in [-0.39, 0.29) is 10.9 Å². The number of nitrogens with two attached hydrogens (primary N) is 1. The lowest BCUT2D eigenvalue weighted by atomic mass is 10.1. The maximum Gasteiger partial charge on any atom is 0.224 e. The van der Waals surface area contributed by atoms with Gasteiger partial charge in [0.15, 0.2) is 0 Å². The smallest absolute Gasteiger partial charge is 0.224 e. The monoisotopic (exact) mass is 362 g/mol. The van der Waals surface area contributed by atoms with Crippen LogP contribution in [-0.4, -0.2) is 10.9 Å². The second-order valence-corrected chi connectivity index (χ2v) is 5.94. The van der Waals surface area contributed by atoms with Crippen LogP contribution in [0.15, 0.2) is 53.0 Å². The van der Waals surface area contributed by atoms with E-state index in [9.17, 15) is 4.79 Å². The second kappa shape index (κ2) is 7.33. The molecule has 3 nitrogen and oxygen atoms in total. The molecule has 0 saturated carbocycles. The van der Waals surface area contributed by atoms with Gasteiger partial charge < -0.3 is 11.1 Å². The normalized spacial score (nSPS) is 10.1. The van der Waals surface area contributed by atoms with Gasteiger partial charge in [-0.2, -0.15) is 0 Å². The van der Waals surface area contributed by atoms with Gasteiger partial charge in [0.1, 0.15) is 4.99 Å². The molecule has 108 valence electrons. The predicted octanol–water partition coefficient (Wildman–Crippen LogP) is 3.65. The Balaban J connectivity index is 2.02. The van der Waals surface area contributed by atoms with Gasteiger partial charge in [-0.1, -0.05) is 58.5 Å². The summed E-state index contributed by atoms with van der Waals surface area (Å²) in [6.07, 6.45) is 1.11. The molecule has 0 unspecified atom stereocenters. The Morgan fingerprint density at radius 2 is 1.90 bits per heavy atom. The molecule has 0 atom stereocenters. The highest BCUT2D eigenvalue weighted by Crippen LogP contribution is 2.22. The first-order valence-electron chi connectivity index (χ1n) is 6.49. The Morgan fingerprint density at radius 1 is 1.19 bits per heavy atom. The van der Waals surface area contributed by atoms with Crippen LogP contribution < -0.4 is 11.1 Å². The number of anilines is 1. The highest BCUT2D eigenvalue weighted by Gasteiger charge is 2.09. The van der Waals surface area contributed by atoms with Crippen LogP contribution in [0, 0.1) is 0 Å². The van der Waals surface area contributed by atoms with Crippen molar-refractivity contribution >= 4 is 44.7 Å². The molecule has 0 fully saturated rings. The molecule has 2 aromatic carbocycles. The molecule has 0 aliphatic carbocycles. The third kappa shape index (κ3) is 4.65. The van der Waals surface area contributed by atoms with Gasteiger partial charge in [0.05, 0.1) is 5.69 Å². The lowest BCUT2D eigenvalue weighted by Crippen LogP contribution is -2.17. The Labute approximate surface area is 137 Å². The predicted molar refractivity (Wildman–Crippen MR) is 93.4 cm³/mol. The molecule has 5 heteroatoms. The topological polar surface area (TPSA) is 55.1 Å². The van der Waals surface area contributed by atoms with Crippen LogP contribution in [-0.2, 0) is 11.2 Å². The number of carbonyl (C=O) groups excluding carboxylic acids is 1. The number of carbonyl (C=O) groups is 1. The van der Waals surface area contributed by atoms with Gasteiger partial charge in [-0.15, -0.1) is 0 Å². The average molecular weight is 363 g/mol. The summed E-state index contributed by atoms with van der Waals surface area (Å²) >= 11 is 8.37. The zero-order valence-corrected chi connectivity index (χ0v) is 13.7. The van der Waals surface area contributed by atoms with Crippen molar-refractivity contribution < 1.29 is 4.79 Å². The molecule has 3 N–H and O–H groups in total. The minimum atomic E-state index is -0.0607. The minimum Gasteiger partial charge on any atom is -0.389 e. The highest BCUT2D eigenvalue weighted by atomic mass is 79.9. The van der Waals surface area contributed by atoms with E-state index in [1.54, 1.807) is 12.1 Å². The van der Waals surface area contributed by atoms with Crippen molar-refractivity contribution in [3.8, 4) is 0 Å². The number of halogens is 1. The molecule has 0 aromatic heterocycles. The number of hydrogen-bond acceptors (Lipinski definition) is 2. The fourth-order valence-electron chi connectivity index (χ4n) is 1.95. The van der Waals surface area contributed by atoms with E-state index < -0.39 is 0 Å². The van der Waals surface area contributed by atoms with Crippen molar-refractivity contribution in [1.29, 1.82) is 0 Å². The molecule has 0 aliphatic heterocycles. The maximum atomic E-state index is 12.1. The fourth-order valence-corrected chi connectivity index (χ4v) is 2.49. The SMILES string of the molecule is NC(=S)c1ccc(Br)cc1NC(=O)CCc1ccccc1. The minimum absolute atomic E-state index is 0.0607. The molecular formula is C16H15BrN2OS. The molecule has 1 amide bonds. The van der Waals surface area contributed by atoms with Crippen LogP contribution in [0.4, 0.5) is 5.69 Å². The van der Waals surface area contributed by atoms with Gasteiger partial charge in [-0.3, -0.25) is 4.79 Å². The van der Waals surface area contributed by atoms with Crippen molar-refractivity contribution in [3.63, 3.8) is 0 Å². The molecule has 0 spiro atoms. The zero-order valence-electron chi connectivity index (χ0n) is 11.3. The highest BCUT2D eigenvalue weighted by molar-refractivity contribution is 9.10. The van der Waals surface area contributed by atoms with E-state index in [0.29, 0.717) is 24.1 Å². The molecule has 2 aromatic rings. The van der Waals surface area contributed by atoms with E-state index in [0.717, 1.165) is 10.0 Å². The Hall–Kier alpha value is -1.72. The largest absolute Gasteiger partial charge is 0.389 e. The van der Waals surface area contributed by atoms with Gasteiger partial charge in [-0.25, -0.2) is 0 Å². The lowest BCUT2D eigenvalue weighted by Gasteiger charge is -2.11. The quantitative estimate of drug-likeness (QED) is 0.798. The van der Waals surface area contributed by atoms with E-state index in [1.165, 1.54) is 0 Å². The van der Waals surface area contributed by atoms with Crippen molar-refractivity contribution in [3.05, 3.63) is 64.1 Å². The third-order valence-corrected chi connectivity index (χ3v) is 3.72. The van der Waals surface area contributed by atoms with E-state index in [4.69, 9.17) is 18.0 Å². The van der Waals surface area contributed by atoms with Gasteiger partial charge >= 0.3 is 0 Å². The van der Waals surface area contributed by atoms with Crippen LogP contribution in [0.5, 0.6) is 0 Å². The van der Waals surface area contributed by atoms with Gasteiger partial charge in [-0.05, 0) is 30.2 Å². The first-order chi connectivity index (χ1) is 10.1. The molecule has 0 heterocycles. The molecular weight excluding hydrogens is 348 g/mol. The Bertz CT molecular complexity index is 659. The van der Waals surface area contributed by atoms with Crippen LogP contribution in [0.2, 0.25) is 0 Å². The standard InChI is InChI=1S/C16H15BrN2OS/c17-12-7-8-13(16(18)21)14(10-12)19-15(20)9-6-11-4-2-1-3-5-11/h1-5,7-8,10H,6,9H2,(H2,18,21)(H,19,20). The first-order valence-corrected chi connectivity index (χ1v) is 7.69. The summed E-state index contributed by atoms with van der Waals surface area (Å²) in [5, 5.41) is 2.87.